The standard InChI is InChI=1S/C16H20F3N3OS/c1-8-6-13(11(4)22(8)7-16(17,18)19)15(23)21-10(3)14-9(2)20-12(5)24-14/h6,10H,7H2,1-5H3,(H,21,23). The Hall–Kier alpha value is -1.83. The average molecular weight is 359 g/mol. The van der Waals surface area contributed by atoms with Crippen molar-refractivity contribution in [2.45, 2.75) is 53.4 Å². The highest BCUT2D eigenvalue weighted by molar-refractivity contribution is 7.11. The van der Waals surface area contributed by atoms with Crippen molar-refractivity contribution >= 4 is 17.2 Å². The molecule has 2 aromatic rings. The lowest BCUT2D eigenvalue weighted by Gasteiger charge is -2.14. The van der Waals surface area contributed by atoms with Crippen LogP contribution in [-0.2, 0) is 6.54 Å². The number of hydrogen-bond acceptors (Lipinski definition) is 3. The quantitative estimate of drug-likeness (QED) is 0.888. The van der Waals surface area contributed by atoms with Crippen molar-refractivity contribution in [3.8, 4) is 0 Å². The van der Waals surface area contributed by atoms with Gasteiger partial charge in [0.05, 0.1) is 22.3 Å². The molecule has 24 heavy (non-hydrogen) atoms. The first kappa shape index (κ1) is 18.5. The molecular weight excluding hydrogens is 339 g/mol. The van der Waals surface area contributed by atoms with Gasteiger partial charge in [0.1, 0.15) is 6.54 Å². The molecule has 1 N–H and O–H groups in total. The van der Waals surface area contributed by atoms with Crippen molar-refractivity contribution in [1.82, 2.24) is 14.9 Å². The molecule has 0 aliphatic carbocycles. The van der Waals surface area contributed by atoms with Crippen LogP contribution in [0.4, 0.5) is 13.2 Å². The highest BCUT2D eigenvalue weighted by Gasteiger charge is 2.30. The van der Waals surface area contributed by atoms with E-state index in [0.29, 0.717) is 11.4 Å². The van der Waals surface area contributed by atoms with Gasteiger partial charge in [0.2, 0.25) is 0 Å². The number of halogens is 3. The Balaban J connectivity index is 2.21. The molecule has 2 heterocycles. The minimum atomic E-state index is -4.33. The second kappa shape index (κ2) is 6.58. The second-order valence-electron chi connectivity index (χ2n) is 5.86. The molecule has 0 bridgehead atoms. The number of amides is 1. The highest BCUT2D eigenvalue weighted by atomic mass is 32.1. The summed E-state index contributed by atoms with van der Waals surface area (Å²) in [7, 11) is 0. The molecule has 2 aromatic heterocycles. The first-order chi connectivity index (χ1) is 11.0. The Morgan fingerprint density at radius 3 is 2.46 bits per heavy atom. The zero-order valence-corrected chi connectivity index (χ0v) is 15.0. The molecule has 0 aliphatic rings. The lowest BCUT2D eigenvalue weighted by molar-refractivity contribution is -0.141. The molecule has 8 heteroatoms. The van der Waals surface area contributed by atoms with E-state index in [1.54, 1.807) is 6.92 Å². The fourth-order valence-electron chi connectivity index (χ4n) is 2.74. The summed E-state index contributed by atoms with van der Waals surface area (Å²) in [6.07, 6.45) is -4.33. The molecule has 0 aromatic carbocycles. The van der Waals surface area contributed by atoms with Crippen LogP contribution in [0.15, 0.2) is 6.07 Å². The van der Waals surface area contributed by atoms with Gasteiger partial charge in [-0.1, -0.05) is 0 Å². The smallest absolute Gasteiger partial charge is 0.345 e. The molecule has 0 spiro atoms. The Morgan fingerprint density at radius 1 is 1.33 bits per heavy atom. The van der Waals surface area contributed by atoms with E-state index in [4.69, 9.17) is 0 Å². The molecule has 1 atom stereocenters. The first-order valence-corrected chi connectivity index (χ1v) is 8.29. The van der Waals surface area contributed by atoms with E-state index in [9.17, 15) is 18.0 Å². The van der Waals surface area contributed by atoms with Crippen LogP contribution in [0.5, 0.6) is 0 Å². The van der Waals surface area contributed by atoms with Crippen LogP contribution < -0.4 is 5.32 Å². The maximum absolute atomic E-state index is 12.7. The fraction of sp³-hybridized carbons (Fsp3) is 0.500. The summed E-state index contributed by atoms with van der Waals surface area (Å²) in [6, 6.07) is 1.24. The topological polar surface area (TPSA) is 46.9 Å². The number of rotatable bonds is 4. The van der Waals surface area contributed by atoms with Crippen molar-refractivity contribution in [2.75, 3.05) is 0 Å². The molecule has 132 valence electrons. The van der Waals surface area contributed by atoms with Crippen LogP contribution >= 0.6 is 11.3 Å². The normalized spacial score (nSPS) is 13.2. The number of nitrogens with zero attached hydrogens (tertiary/aromatic N) is 2. The fourth-order valence-corrected chi connectivity index (χ4v) is 3.67. The van der Waals surface area contributed by atoms with Crippen LogP contribution in [0.25, 0.3) is 0 Å². The molecule has 1 amide bonds. The SMILES string of the molecule is Cc1nc(C)c(C(C)NC(=O)c2cc(C)n(CC(F)(F)F)c2C)s1. The largest absolute Gasteiger partial charge is 0.406 e. The lowest BCUT2D eigenvalue weighted by Crippen LogP contribution is -2.27. The van der Waals surface area contributed by atoms with Gasteiger partial charge in [-0.15, -0.1) is 11.3 Å². The average Bonchev–Trinajstić information content (AvgIpc) is 2.91. The summed E-state index contributed by atoms with van der Waals surface area (Å²) in [6.45, 7) is 7.60. The van der Waals surface area contributed by atoms with Crippen LogP contribution in [-0.4, -0.2) is 21.6 Å². The maximum atomic E-state index is 12.7. The molecule has 4 nitrogen and oxygen atoms in total. The van der Waals surface area contributed by atoms with Gasteiger partial charge in [-0.3, -0.25) is 4.79 Å². The van der Waals surface area contributed by atoms with Gasteiger partial charge >= 0.3 is 6.18 Å². The summed E-state index contributed by atoms with van der Waals surface area (Å²) in [5.41, 5.74) is 1.84. The zero-order valence-electron chi connectivity index (χ0n) is 14.2. The number of carbonyl (C=O) groups excluding carboxylic acids is 1. The van der Waals surface area contributed by atoms with Gasteiger partial charge in [-0.25, -0.2) is 4.98 Å². The number of nitrogens with one attached hydrogen (secondary N) is 1. The van der Waals surface area contributed by atoms with E-state index in [-0.39, 0.29) is 17.5 Å². The number of hydrogen-bond donors (Lipinski definition) is 1. The van der Waals surface area contributed by atoms with E-state index < -0.39 is 12.7 Å². The summed E-state index contributed by atoms with van der Waals surface area (Å²) in [5.74, 6) is -0.380. The molecule has 0 saturated carbocycles. The van der Waals surface area contributed by atoms with E-state index in [2.05, 4.69) is 10.3 Å². The molecule has 0 saturated heterocycles. The Kier molecular flexibility index (Phi) is 5.08. The maximum Gasteiger partial charge on any atom is 0.406 e. The van der Waals surface area contributed by atoms with Gasteiger partial charge in [0, 0.05) is 16.3 Å². The number of thiazole rings is 1. The minimum Gasteiger partial charge on any atom is -0.345 e. The minimum absolute atomic E-state index is 0.255. The lowest BCUT2D eigenvalue weighted by atomic mass is 10.2. The third-order valence-corrected chi connectivity index (χ3v) is 5.09. The van der Waals surface area contributed by atoms with E-state index >= 15 is 0 Å². The summed E-state index contributed by atoms with van der Waals surface area (Å²) in [4.78, 5) is 17.8. The third kappa shape index (κ3) is 3.98. The monoisotopic (exact) mass is 359 g/mol. The van der Waals surface area contributed by atoms with E-state index in [1.807, 2.05) is 20.8 Å². The van der Waals surface area contributed by atoms with E-state index in [0.717, 1.165) is 20.1 Å². The molecule has 0 fully saturated rings. The number of carbonyl (C=O) groups is 1. The van der Waals surface area contributed by atoms with Gasteiger partial charge in [-0.05, 0) is 40.7 Å². The number of aryl methyl sites for hydroxylation is 3. The molecule has 0 aliphatic heterocycles. The van der Waals surface area contributed by atoms with Gasteiger partial charge in [0.15, 0.2) is 0 Å². The third-order valence-electron chi connectivity index (χ3n) is 3.84. The van der Waals surface area contributed by atoms with Gasteiger partial charge < -0.3 is 9.88 Å². The predicted molar refractivity (Wildman–Crippen MR) is 87.4 cm³/mol. The van der Waals surface area contributed by atoms with Crippen LogP contribution in [0.1, 0.15) is 50.3 Å². The molecule has 1 unspecified atom stereocenters. The number of aromatic nitrogens is 2. The van der Waals surface area contributed by atoms with E-state index in [1.165, 1.54) is 24.3 Å². The van der Waals surface area contributed by atoms with Crippen LogP contribution in [0.2, 0.25) is 0 Å². The first-order valence-electron chi connectivity index (χ1n) is 7.48. The number of alkyl halides is 3. The predicted octanol–water partition coefficient (Wildman–Crippen LogP) is 4.23. The van der Waals surface area contributed by atoms with Crippen molar-refractivity contribution in [3.63, 3.8) is 0 Å². The zero-order chi connectivity index (χ0) is 18.2. The van der Waals surface area contributed by atoms with Crippen molar-refractivity contribution in [3.05, 3.63) is 38.6 Å². The summed E-state index contributed by atoms with van der Waals surface area (Å²) >= 11 is 1.50. The molecule has 2 rings (SSSR count). The van der Waals surface area contributed by atoms with Crippen LogP contribution in [0.3, 0.4) is 0 Å². The molecule has 0 radical (unpaired) electrons. The molecular formula is C16H20F3N3OS. The second-order valence-corrected chi connectivity index (χ2v) is 7.10. The van der Waals surface area contributed by atoms with Crippen LogP contribution in [0, 0.1) is 27.7 Å². The van der Waals surface area contributed by atoms with Gasteiger partial charge in [-0.2, -0.15) is 13.2 Å². The summed E-state index contributed by atoms with van der Waals surface area (Å²) < 4.78 is 39.1. The highest BCUT2D eigenvalue weighted by Crippen LogP contribution is 2.26. The Morgan fingerprint density at radius 2 is 1.96 bits per heavy atom. The Bertz CT molecular complexity index is 761. The van der Waals surface area contributed by atoms with Crippen molar-refractivity contribution in [1.29, 1.82) is 0 Å². The Labute approximate surface area is 142 Å². The van der Waals surface area contributed by atoms with Crippen molar-refractivity contribution in [2.24, 2.45) is 0 Å². The van der Waals surface area contributed by atoms with Crippen molar-refractivity contribution < 1.29 is 18.0 Å². The van der Waals surface area contributed by atoms with Gasteiger partial charge in [0.25, 0.3) is 5.91 Å². The summed E-state index contributed by atoms with van der Waals surface area (Å²) in [5, 5.41) is 3.76.